The lowest BCUT2D eigenvalue weighted by Crippen LogP contribution is -2.11. The number of nitrogens with one attached hydrogen (secondary N) is 1. The zero-order chi connectivity index (χ0) is 12.9. The highest BCUT2D eigenvalue weighted by molar-refractivity contribution is 6.33. The molecule has 0 aliphatic carbocycles. The Bertz CT molecular complexity index is 819. The summed E-state index contributed by atoms with van der Waals surface area (Å²) >= 11 is 11.8. The third-order valence-electron chi connectivity index (χ3n) is 2.91. The van der Waals surface area contributed by atoms with Gasteiger partial charge < -0.3 is 4.98 Å². The molecule has 2 heterocycles. The topological polar surface area (TPSA) is 50.2 Å². The van der Waals surface area contributed by atoms with E-state index in [9.17, 15) is 4.79 Å². The summed E-state index contributed by atoms with van der Waals surface area (Å²) in [6, 6.07) is 3.83. The molecule has 2 aromatic heterocycles. The smallest absolute Gasteiger partial charge is 0.276 e. The Labute approximate surface area is 112 Å². The number of halogens is 2. The van der Waals surface area contributed by atoms with Gasteiger partial charge in [0.05, 0.1) is 22.3 Å². The summed E-state index contributed by atoms with van der Waals surface area (Å²) in [5.41, 5.74) is 3.61. The molecule has 0 amide bonds. The first-order valence-electron chi connectivity index (χ1n) is 5.36. The monoisotopic (exact) mass is 281 g/mol. The van der Waals surface area contributed by atoms with Crippen molar-refractivity contribution in [2.45, 2.75) is 12.8 Å². The van der Waals surface area contributed by atoms with Crippen LogP contribution in [0.1, 0.15) is 11.1 Å². The molecule has 0 saturated carbocycles. The molecule has 92 valence electrons. The largest absolute Gasteiger partial charge is 0.319 e. The van der Waals surface area contributed by atoms with Gasteiger partial charge in [0.25, 0.3) is 5.56 Å². The van der Waals surface area contributed by atoms with Crippen molar-refractivity contribution in [2.24, 2.45) is 0 Å². The summed E-state index contributed by atoms with van der Waals surface area (Å²) in [5.74, 6) is 0.400. The molecule has 1 N–H and O–H groups in total. The number of alkyl halides is 1. The van der Waals surface area contributed by atoms with Crippen LogP contribution in [-0.2, 0) is 5.88 Å². The fraction of sp³-hybridized carbons (Fsp3) is 0.167. The van der Waals surface area contributed by atoms with E-state index < -0.39 is 0 Å². The van der Waals surface area contributed by atoms with Gasteiger partial charge in [-0.3, -0.25) is 4.79 Å². The lowest BCUT2D eigenvalue weighted by molar-refractivity contribution is 0.980. The number of aromatic nitrogens is 3. The van der Waals surface area contributed by atoms with Gasteiger partial charge in [0.1, 0.15) is 0 Å². The van der Waals surface area contributed by atoms with E-state index in [4.69, 9.17) is 23.2 Å². The van der Waals surface area contributed by atoms with Crippen molar-refractivity contribution >= 4 is 39.8 Å². The van der Waals surface area contributed by atoms with Crippen molar-refractivity contribution in [1.82, 2.24) is 14.6 Å². The maximum atomic E-state index is 12.0. The fourth-order valence-corrected chi connectivity index (χ4v) is 2.56. The Hall–Kier alpha value is -1.52. The van der Waals surface area contributed by atoms with Crippen molar-refractivity contribution < 1.29 is 0 Å². The van der Waals surface area contributed by atoms with E-state index >= 15 is 0 Å². The van der Waals surface area contributed by atoms with Gasteiger partial charge in [0.2, 0.25) is 0 Å². The van der Waals surface area contributed by atoms with Gasteiger partial charge in [-0.25, -0.2) is 4.52 Å². The molecular weight excluding hydrogens is 273 g/mol. The molecule has 6 heteroatoms. The molecule has 0 atom stereocenters. The van der Waals surface area contributed by atoms with Gasteiger partial charge >= 0.3 is 0 Å². The number of aromatic amines is 1. The summed E-state index contributed by atoms with van der Waals surface area (Å²) in [5, 5.41) is 4.50. The van der Waals surface area contributed by atoms with E-state index in [1.165, 1.54) is 6.20 Å². The van der Waals surface area contributed by atoms with Gasteiger partial charge in [-0.2, -0.15) is 5.10 Å². The average molecular weight is 282 g/mol. The molecule has 0 fully saturated rings. The van der Waals surface area contributed by atoms with Gasteiger partial charge in [0.15, 0.2) is 5.52 Å². The summed E-state index contributed by atoms with van der Waals surface area (Å²) in [4.78, 5) is 14.8. The molecule has 0 aliphatic rings. The van der Waals surface area contributed by atoms with Crippen LogP contribution in [0.2, 0.25) is 5.02 Å². The van der Waals surface area contributed by atoms with Crippen LogP contribution in [0, 0.1) is 6.92 Å². The second-order valence-corrected chi connectivity index (χ2v) is 4.82. The van der Waals surface area contributed by atoms with Crippen LogP contribution >= 0.6 is 23.2 Å². The van der Waals surface area contributed by atoms with Gasteiger partial charge in [0, 0.05) is 5.88 Å². The third-order valence-corrected chi connectivity index (χ3v) is 3.50. The first kappa shape index (κ1) is 11.6. The fourth-order valence-electron chi connectivity index (χ4n) is 2.19. The highest BCUT2D eigenvalue weighted by Gasteiger charge is 2.12. The molecule has 0 saturated heterocycles. The maximum absolute atomic E-state index is 12.0. The molecule has 0 radical (unpaired) electrons. The first-order chi connectivity index (χ1) is 8.61. The SMILES string of the molecule is Cc1cc(CCl)cc2[nH]c(=O)c3c(Cl)cnn3c12. The summed E-state index contributed by atoms with van der Waals surface area (Å²) in [6.45, 7) is 1.95. The van der Waals surface area contributed by atoms with Crippen molar-refractivity contribution in [2.75, 3.05) is 0 Å². The number of fused-ring (bicyclic) bond motifs is 3. The van der Waals surface area contributed by atoms with Crippen LogP contribution in [0.4, 0.5) is 0 Å². The minimum absolute atomic E-state index is 0.254. The Morgan fingerprint density at radius 2 is 2.17 bits per heavy atom. The summed E-state index contributed by atoms with van der Waals surface area (Å²) in [6.07, 6.45) is 1.47. The quantitative estimate of drug-likeness (QED) is 0.698. The number of rotatable bonds is 1. The van der Waals surface area contributed by atoms with Crippen LogP contribution in [0.5, 0.6) is 0 Å². The lowest BCUT2D eigenvalue weighted by atomic mass is 10.1. The molecule has 0 unspecified atom stereocenters. The predicted molar refractivity (Wildman–Crippen MR) is 72.6 cm³/mol. The van der Waals surface area contributed by atoms with Gasteiger partial charge in [-0.15, -0.1) is 11.6 Å². The van der Waals surface area contributed by atoms with E-state index in [1.54, 1.807) is 4.52 Å². The lowest BCUT2D eigenvalue weighted by Gasteiger charge is -2.07. The first-order valence-corrected chi connectivity index (χ1v) is 6.28. The van der Waals surface area contributed by atoms with E-state index in [2.05, 4.69) is 10.1 Å². The minimum atomic E-state index is -0.254. The van der Waals surface area contributed by atoms with Gasteiger partial charge in [-0.1, -0.05) is 17.7 Å². The van der Waals surface area contributed by atoms with E-state index in [0.717, 1.165) is 16.6 Å². The molecule has 18 heavy (non-hydrogen) atoms. The number of hydrogen-bond acceptors (Lipinski definition) is 2. The molecule has 0 aliphatic heterocycles. The van der Waals surface area contributed by atoms with Crippen molar-refractivity contribution in [3.05, 3.63) is 44.8 Å². The second kappa shape index (κ2) is 4.00. The zero-order valence-corrected chi connectivity index (χ0v) is 11.0. The predicted octanol–water partition coefficient (Wildman–Crippen LogP) is 2.88. The number of hydrogen-bond donors (Lipinski definition) is 1. The standard InChI is InChI=1S/C12H9Cl2N3O/c1-6-2-7(4-13)3-9-10(6)17-11(12(18)16-9)8(14)5-15-17/h2-3,5H,4H2,1H3,(H,16,18). The van der Waals surface area contributed by atoms with Crippen LogP contribution in [0.15, 0.2) is 23.1 Å². The van der Waals surface area contributed by atoms with Crippen LogP contribution < -0.4 is 5.56 Å². The normalized spacial score (nSPS) is 11.5. The second-order valence-electron chi connectivity index (χ2n) is 4.15. The van der Waals surface area contributed by atoms with Crippen molar-refractivity contribution in [3.8, 4) is 0 Å². The minimum Gasteiger partial charge on any atom is -0.319 e. The molecular formula is C12H9Cl2N3O. The highest BCUT2D eigenvalue weighted by atomic mass is 35.5. The van der Waals surface area contributed by atoms with Crippen LogP contribution in [-0.4, -0.2) is 14.6 Å². The third kappa shape index (κ3) is 1.53. The molecule has 3 rings (SSSR count). The van der Waals surface area contributed by atoms with E-state index in [0.29, 0.717) is 21.9 Å². The molecule has 4 nitrogen and oxygen atoms in total. The van der Waals surface area contributed by atoms with Gasteiger partial charge in [-0.05, 0) is 24.1 Å². The Morgan fingerprint density at radius 3 is 2.89 bits per heavy atom. The summed E-state index contributed by atoms with van der Waals surface area (Å²) < 4.78 is 1.57. The molecule has 3 aromatic rings. The summed E-state index contributed by atoms with van der Waals surface area (Å²) in [7, 11) is 0. The average Bonchev–Trinajstić information content (AvgIpc) is 2.71. The molecule has 0 bridgehead atoms. The van der Waals surface area contributed by atoms with Crippen molar-refractivity contribution in [3.63, 3.8) is 0 Å². The Balaban J connectivity index is 2.59. The number of benzene rings is 1. The Morgan fingerprint density at radius 1 is 1.39 bits per heavy atom. The number of aryl methyl sites for hydroxylation is 1. The van der Waals surface area contributed by atoms with Crippen molar-refractivity contribution in [1.29, 1.82) is 0 Å². The highest BCUT2D eigenvalue weighted by Crippen LogP contribution is 2.22. The Kier molecular flexibility index (Phi) is 2.57. The van der Waals surface area contributed by atoms with E-state index in [-0.39, 0.29) is 5.56 Å². The van der Waals surface area contributed by atoms with Crippen LogP contribution in [0.25, 0.3) is 16.6 Å². The van der Waals surface area contributed by atoms with E-state index in [1.807, 2.05) is 19.1 Å². The molecule has 1 aromatic carbocycles. The maximum Gasteiger partial charge on any atom is 0.276 e. The number of H-pyrrole nitrogens is 1. The van der Waals surface area contributed by atoms with Crippen LogP contribution in [0.3, 0.4) is 0 Å². The zero-order valence-electron chi connectivity index (χ0n) is 9.50. The number of nitrogens with zero attached hydrogens (tertiary/aromatic N) is 2. The molecule has 0 spiro atoms.